The van der Waals surface area contributed by atoms with Gasteiger partial charge in [0.1, 0.15) is 0 Å². The average molecular weight is 348 g/mol. The van der Waals surface area contributed by atoms with Crippen molar-refractivity contribution in [1.29, 1.82) is 0 Å². The van der Waals surface area contributed by atoms with E-state index in [0.29, 0.717) is 0 Å². The van der Waals surface area contributed by atoms with E-state index >= 15 is 0 Å². The van der Waals surface area contributed by atoms with Crippen molar-refractivity contribution in [2.45, 2.75) is 0 Å². The molecule has 0 aliphatic rings. The zero-order valence-corrected chi connectivity index (χ0v) is 15.5. The quantitative estimate of drug-likeness (QED) is 0.427. The van der Waals surface area contributed by atoms with Crippen molar-refractivity contribution in [1.82, 2.24) is 0 Å². The van der Waals surface area contributed by atoms with Crippen LogP contribution in [0.1, 0.15) is 7.13 Å². The fraction of sp³-hybridized carbons (Fsp3) is 0. The first-order valence-corrected chi connectivity index (χ1v) is 1.95. The first-order valence-electron chi connectivity index (χ1n) is 0.651. The maximum atomic E-state index is 8.74. The van der Waals surface area contributed by atoms with Crippen LogP contribution in [0.2, 0.25) is 0 Å². The van der Waals surface area contributed by atoms with Gasteiger partial charge in [-0.05, 0) is 0 Å². The summed E-state index contributed by atoms with van der Waals surface area (Å²) in [6, 6.07) is 0. The molecular weight excluding hydrogens is 336 g/mol. The van der Waals surface area contributed by atoms with Crippen LogP contribution in [0.5, 0.6) is 0 Å². The van der Waals surface area contributed by atoms with E-state index in [1.807, 2.05) is 0 Å². The molecule has 0 aliphatic carbocycles. The summed E-state index contributed by atoms with van der Waals surface area (Å²) in [7, 11) is -3.13. The van der Waals surface area contributed by atoms with Crippen molar-refractivity contribution < 1.29 is 78.0 Å². The summed E-state index contributed by atoms with van der Waals surface area (Å²) in [6.07, 6.45) is 0. The Balaban J connectivity index is -0.000000001000. The first-order chi connectivity index (χ1) is 1.73. The van der Waals surface area contributed by atoms with Gasteiger partial charge in [-0.2, -0.15) is 0 Å². The van der Waals surface area contributed by atoms with Gasteiger partial charge in [-0.25, -0.2) is 0 Å². The Morgan fingerprint density at radius 1 is 1.33 bits per heavy atom. The van der Waals surface area contributed by atoms with E-state index in [1.54, 1.807) is 0 Å². The number of hydrogen-bond donors (Lipinski definition) is 2. The number of rotatable bonds is 0. The Hall–Kier alpha value is 4.58. The van der Waals surface area contributed by atoms with Crippen molar-refractivity contribution >= 4 is 113 Å². The zero-order chi connectivity index (χ0) is 3.58. The molecule has 0 heterocycles. The molecule has 0 saturated heterocycles. The van der Waals surface area contributed by atoms with Gasteiger partial charge < -0.3 is 22.2 Å². The predicted molar refractivity (Wildman–Crippen MR) is 41.5 cm³/mol. The van der Waals surface area contributed by atoms with Crippen LogP contribution in [0.3, 0.4) is 0 Å². The fourth-order valence-electron chi connectivity index (χ4n) is 0. The van der Waals surface area contributed by atoms with Crippen molar-refractivity contribution in [2.24, 2.45) is 0 Å². The van der Waals surface area contributed by atoms with E-state index < -0.39 is 9.17 Å². The third-order valence-corrected chi connectivity index (χ3v) is 0. The largest absolute Gasteiger partial charge is 2.00 e. The molecule has 4 N–H and O–H groups in total. The van der Waals surface area contributed by atoms with E-state index in [4.69, 9.17) is 14.1 Å². The summed E-state index contributed by atoms with van der Waals surface area (Å²) in [5.41, 5.74) is 0. The molecule has 4 nitrogen and oxygen atoms in total. The third kappa shape index (κ3) is 67.2. The van der Waals surface area contributed by atoms with Gasteiger partial charge in [0, 0.05) is 0 Å². The standard InChI is InChI=1S/Al.Ba.Ca.K.H2O3Si.H2O.8H/c;;;;1-4(2)3;;;;;;;;;/h;;;;1-2H;1H2;;;;;;;;/q;2*+2;+1;;;;;;5*-1. The molecule has 0 rings (SSSR count). The molecule has 0 amide bonds. The van der Waals surface area contributed by atoms with Crippen LogP contribution in [0, 0.1) is 0 Å². The van der Waals surface area contributed by atoms with Crippen LogP contribution >= 0.6 is 0 Å². The zero-order valence-electron chi connectivity index (χ0n) is 9.72. The van der Waals surface area contributed by atoms with Gasteiger partial charge in [0.15, 0.2) is 17.4 Å². The minimum Gasteiger partial charge on any atom is -1.00 e. The Labute approximate surface area is 186 Å². The van der Waals surface area contributed by atoms with E-state index in [2.05, 4.69) is 0 Å². The molecule has 0 radical (unpaired) electrons. The second-order valence-electron chi connectivity index (χ2n) is 0.283. The molecule has 0 aromatic carbocycles. The van der Waals surface area contributed by atoms with Crippen LogP contribution in [0.25, 0.3) is 0 Å². The predicted octanol–water partition coefficient (Wildman–Crippen LogP) is -6.82. The Kier molecular flexibility index (Phi) is 122. The Bertz CT molecular complexity index is 56.7. The first kappa shape index (κ1) is 37.4. The van der Waals surface area contributed by atoms with Gasteiger partial charge in [0.05, 0.1) is 0 Å². The van der Waals surface area contributed by atoms with Crippen LogP contribution in [0.4, 0.5) is 0 Å². The Morgan fingerprint density at radius 3 is 1.33 bits per heavy atom. The van der Waals surface area contributed by atoms with Crippen LogP contribution in [-0.2, 0) is 4.46 Å². The minimum absolute atomic E-state index is 0. The monoisotopic (exact) mass is 348 g/mol. The molecule has 9 heavy (non-hydrogen) atoms. The van der Waals surface area contributed by atoms with Crippen LogP contribution in [-0.4, -0.2) is 128 Å². The maximum Gasteiger partial charge on any atom is 2.00 e. The molecule has 0 aliphatic heterocycles. The minimum atomic E-state index is -3.13. The summed E-state index contributed by atoms with van der Waals surface area (Å²) < 4.78 is 8.74. The topological polar surface area (TPSA) is 89.0 Å². The van der Waals surface area contributed by atoms with Gasteiger partial charge in [-0.15, -0.1) is 0 Å². The summed E-state index contributed by atoms with van der Waals surface area (Å²) in [5.74, 6) is 0. The van der Waals surface area contributed by atoms with Crippen molar-refractivity contribution in [3.63, 3.8) is 0 Å². The molecule has 0 spiro atoms. The molecule has 9 heteroatoms. The SMILES string of the molecule is O.O=[Si](O)O.[AlH3].[Ba+2].[Ca+2].[H-].[H-].[H-].[H-].[H-].[K+]. The van der Waals surface area contributed by atoms with E-state index in [9.17, 15) is 0 Å². The average Bonchev–Trinajstić information content (AvgIpc) is 0.811. The fourth-order valence-corrected chi connectivity index (χ4v) is 0. The normalized spacial score (nSPS) is 2.67. The second kappa shape index (κ2) is 29.4. The van der Waals surface area contributed by atoms with Crippen molar-refractivity contribution in [3.05, 3.63) is 0 Å². The summed E-state index contributed by atoms with van der Waals surface area (Å²) in [6.45, 7) is 0. The van der Waals surface area contributed by atoms with E-state index in [1.165, 1.54) is 0 Å². The molecular formula is H12AlBaCaKO4Si. The Morgan fingerprint density at radius 2 is 1.33 bits per heavy atom. The molecule has 0 unspecified atom stereocenters. The molecule has 0 aromatic heterocycles. The van der Waals surface area contributed by atoms with E-state index in [-0.39, 0.29) is 168 Å². The van der Waals surface area contributed by atoms with Gasteiger partial charge in [-0.1, -0.05) is 0 Å². The van der Waals surface area contributed by atoms with Gasteiger partial charge in [0.2, 0.25) is 0 Å². The third-order valence-electron chi connectivity index (χ3n) is 0. The van der Waals surface area contributed by atoms with Crippen molar-refractivity contribution in [2.75, 3.05) is 0 Å². The molecule has 0 aromatic rings. The van der Waals surface area contributed by atoms with Gasteiger partial charge in [0.25, 0.3) is 0 Å². The molecule has 0 fully saturated rings. The van der Waals surface area contributed by atoms with E-state index in [0.717, 1.165) is 0 Å². The molecule has 0 bridgehead atoms. The van der Waals surface area contributed by atoms with Crippen molar-refractivity contribution in [3.8, 4) is 0 Å². The van der Waals surface area contributed by atoms with Crippen LogP contribution in [0.15, 0.2) is 0 Å². The number of hydrogen-bond acceptors (Lipinski definition) is 1. The summed E-state index contributed by atoms with van der Waals surface area (Å²) in [5, 5.41) is 0. The van der Waals surface area contributed by atoms with Gasteiger partial charge in [-0.3, -0.25) is 4.46 Å². The molecule has 0 atom stereocenters. The second-order valence-corrected chi connectivity index (χ2v) is 0.848. The molecule has 0 saturated carbocycles. The van der Waals surface area contributed by atoms with Crippen LogP contribution < -0.4 is 51.4 Å². The maximum absolute atomic E-state index is 8.74. The molecule has 48 valence electrons. The summed E-state index contributed by atoms with van der Waals surface area (Å²) >= 11 is 0. The van der Waals surface area contributed by atoms with Gasteiger partial charge >= 0.3 is 147 Å². The smallest absolute Gasteiger partial charge is 1.00 e. The summed E-state index contributed by atoms with van der Waals surface area (Å²) in [4.78, 5) is 14.3.